The highest BCUT2D eigenvalue weighted by atomic mass is 19.1. The molecule has 0 heterocycles. The molecule has 1 aromatic carbocycles. The van der Waals surface area contributed by atoms with E-state index in [9.17, 15) is 9.18 Å². The van der Waals surface area contributed by atoms with E-state index in [0.717, 1.165) is 25.7 Å². The van der Waals surface area contributed by atoms with Gasteiger partial charge in [-0.3, -0.25) is 0 Å². The Kier molecular flexibility index (Phi) is 12.0. The maximum Gasteiger partial charge on any atom is 0.338 e. The van der Waals surface area contributed by atoms with Crippen LogP contribution in [0.25, 0.3) is 0 Å². The van der Waals surface area contributed by atoms with Crippen molar-refractivity contribution in [1.29, 1.82) is 0 Å². The van der Waals surface area contributed by atoms with Crippen LogP contribution in [-0.2, 0) is 4.74 Å². The van der Waals surface area contributed by atoms with Crippen LogP contribution in [0.3, 0.4) is 0 Å². The van der Waals surface area contributed by atoms with Crippen LogP contribution in [-0.4, -0.2) is 12.1 Å². The first-order valence-electron chi connectivity index (χ1n) is 10.1. The fraction of sp³-hybridized carbons (Fsp3) is 0.682. The Morgan fingerprint density at radius 3 is 2.16 bits per heavy atom. The normalized spacial score (nSPS) is 12.1. The molecule has 0 spiro atoms. The molecule has 0 bridgehead atoms. The predicted octanol–water partition coefficient (Wildman–Crippen LogP) is 7.07. The number of hydrogen-bond donors (Lipinski definition) is 0. The van der Waals surface area contributed by atoms with E-state index in [0.29, 0.717) is 5.56 Å². The number of ether oxygens (including phenoxy) is 1. The number of carbonyl (C=O) groups excluding carboxylic acids is 1. The molecular formula is C22H35FO2. The monoisotopic (exact) mass is 350 g/mol. The summed E-state index contributed by atoms with van der Waals surface area (Å²) in [4.78, 5) is 12.2. The first-order chi connectivity index (χ1) is 12.2. The molecule has 0 aliphatic carbocycles. The SMILES string of the molecule is CCCCCCCCCCCC(CCC)OC(=O)c1cccc(F)c1. The quantitative estimate of drug-likeness (QED) is 0.265. The van der Waals surface area contributed by atoms with Crippen LogP contribution < -0.4 is 0 Å². The summed E-state index contributed by atoms with van der Waals surface area (Å²) >= 11 is 0. The van der Waals surface area contributed by atoms with E-state index in [-0.39, 0.29) is 6.10 Å². The van der Waals surface area contributed by atoms with Crippen LogP contribution in [0.1, 0.15) is 101 Å². The van der Waals surface area contributed by atoms with Gasteiger partial charge in [-0.05, 0) is 37.5 Å². The van der Waals surface area contributed by atoms with Gasteiger partial charge in [0, 0.05) is 0 Å². The number of esters is 1. The average molecular weight is 351 g/mol. The third kappa shape index (κ3) is 10.3. The molecule has 0 aromatic heterocycles. The highest BCUT2D eigenvalue weighted by molar-refractivity contribution is 5.89. The zero-order chi connectivity index (χ0) is 18.3. The Bertz CT molecular complexity index is 473. The van der Waals surface area contributed by atoms with Crippen molar-refractivity contribution in [3.05, 3.63) is 35.6 Å². The molecule has 0 aliphatic rings. The summed E-state index contributed by atoms with van der Waals surface area (Å²) in [6.07, 6.45) is 14.3. The second-order valence-corrected chi connectivity index (χ2v) is 6.94. The zero-order valence-corrected chi connectivity index (χ0v) is 16.1. The highest BCUT2D eigenvalue weighted by Crippen LogP contribution is 2.17. The van der Waals surface area contributed by atoms with Crippen molar-refractivity contribution in [2.24, 2.45) is 0 Å². The summed E-state index contributed by atoms with van der Waals surface area (Å²) in [5.74, 6) is -0.811. The van der Waals surface area contributed by atoms with E-state index in [1.165, 1.54) is 63.5 Å². The van der Waals surface area contributed by atoms with Crippen LogP contribution in [0.5, 0.6) is 0 Å². The first kappa shape index (κ1) is 21.7. The van der Waals surface area contributed by atoms with Crippen LogP contribution in [0, 0.1) is 5.82 Å². The number of unbranched alkanes of at least 4 members (excludes halogenated alkanes) is 8. The number of halogens is 1. The molecule has 25 heavy (non-hydrogen) atoms. The van der Waals surface area contributed by atoms with Gasteiger partial charge in [-0.1, -0.05) is 77.7 Å². The minimum absolute atomic E-state index is 0.0506. The molecule has 0 saturated heterocycles. The molecule has 0 amide bonds. The molecule has 0 aliphatic heterocycles. The average Bonchev–Trinajstić information content (AvgIpc) is 2.60. The van der Waals surface area contributed by atoms with Gasteiger partial charge in [-0.2, -0.15) is 0 Å². The lowest BCUT2D eigenvalue weighted by molar-refractivity contribution is 0.0253. The summed E-state index contributed by atoms with van der Waals surface area (Å²) in [6.45, 7) is 4.34. The molecule has 0 saturated carbocycles. The Morgan fingerprint density at radius 2 is 1.56 bits per heavy atom. The van der Waals surface area contributed by atoms with Crippen molar-refractivity contribution >= 4 is 5.97 Å². The smallest absolute Gasteiger partial charge is 0.338 e. The van der Waals surface area contributed by atoms with Gasteiger partial charge < -0.3 is 4.74 Å². The number of benzene rings is 1. The van der Waals surface area contributed by atoms with Crippen LogP contribution >= 0.6 is 0 Å². The molecule has 2 nitrogen and oxygen atoms in total. The third-order valence-corrected chi connectivity index (χ3v) is 4.57. The summed E-state index contributed by atoms with van der Waals surface area (Å²) in [6, 6.07) is 5.72. The molecule has 0 N–H and O–H groups in total. The van der Waals surface area contributed by atoms with Crippen molar-refractivity contribution < 1.29 is 13.9 Å². The van der Waals surface area contributed by atoms with Gasteiger partial charge in [-0.15, -0.1) is 0 Å². The highest BCUT2D eigenvalue weighted by Gasteiger charge is 2.15. The molecular weight excluding hydrogens is 315 g/mol. The molecule has 3 heteroatoms. The molecule has 0 radical (unpaired) electrons. The van der Waals surface area contributed by atoms with Crippen molar-refractivity contribution in [2.75, 3.05) is 0 Å². The summed E-state index contributed by atoms with van der Waals surface area (Å²) in [7, 11) is 0. The fourth-order valence-electron chi connectivity index (χ4n) is 3.10. The van der Waals surface area contributed by atoms with Crippen molar-refractivity contribution in [1.82, 2.24) is 0 Å². The predicted molar refractivity (Wildman–Crippen MR) is 102 cm³/mol. The van der Waals surface area contributed by atoms with Crippen molar-refractivity contribution in [3.8, 4) is 0 Å². The number of carbonyl (C=O) groups is 1. The van der Waals surface area contributed by atoms with Gasteiger partial charge in [0.25, 0.3) is 0 Å². The molecule has 1 atom stereocenters. The Balaban J connectivity index is 2.22. The summed E-state index contributed by atoms with van der Waals surface area (Å²) in [5, 5.41) is 0. The first-order valence-corrected chi connectivity index (χ1v) is 10.1. The van der Waals surface area contributed by atoms with Gasteiger partial charge in [0.05, 0.1) is 5.56 Å². The summed E-state index contributed by atoms with van der Waals surface area (Å²) in [5.41, 5.74) is 0.299. The van der Waals surface area contributed by atoms with Crippen molar-refractivity contribution in [3.63, 3.8) is 0 Å². The van der Waals surface area contributed by atoms with Gasteiger partial charge in [0.2, 0.25) is 0 Å². The number of hydrogen-bond acceptors (Lipinski definition) is 2. The van der Waals surface area contributed by atoms with E-state index in [4.69, 9.17) is 4.74 Å². The van der Waals surface area contributed by atoms with E-state index in [1.807, 2.05) is 0 Å². The van der Waals surface area contributed by atoms with Crippen molar-refractivity contribution in [2.45, 2.75) is 97.0 Å². The van der Waals surface area contributed by atoms with Gasteiger partial charge in [-0.25, -0.2) is 9.18 Å². The van der Waals surface area contributed by atoms with Crippen LogP contribution in [0.2, 0.25) is 0 Å². The second-order valence-electron chi connectivity index (χ2n) is 6.94. The van der Waals surface area contributed by atoms with E-state index >= 15 is 0 Å². The minimum Gasteiger partial charge on any atom is -0.459 e. The topological polar surface area (TPSA) is 26.3 Å². The third-order valence-electron chi connectivity index (χ3n) is 4.57. The van der Waals surface area contributed by atoms with Gasteiger partial charge in [0.1, 0.15) is 11.9 Å². The Hall–Kier alpha value is -1.38. The number of rotatable bonds is 14. The maximum atomic E-state index is 13.2. The molecule has 142 valence electrons. The van der Waals surface area contributed by atoms with Gasteiger partial charge in [0.15, 0.2) is 0 Å². The maximum absolute atomic E-state index is 13.2. The van der Waals surface area contributed by atoms with Gasteiger partial charge >= 0.3 is 5.97 Å². The zero-order valence-electron chi connectivity index (χ0n) is 16.1. The lowest BCUT2D eigenvalue weighted by Gasteiger charge is -2.17. The molecule has 0 fully saturated rings. The Morgan fingerprint density at radius 1 is 0.920 bits per heavy atom. The molecule has 1 unspecified atom stereocenters. The summed E-state index contributed by atoms with van der Waals surface area (Å²) < 4.78 is 18.8. The Labute approximate surface area is 153 Å². The lowest BCUT2D eigenvalue weighted by Crippen LogP contribution is -2.18. The molecule has 1 aromatic rings. The largest absolute Gasteiger partial charge is 0.459 e. The van der Waals surface area contributed by atoms with Crippen LogP contribution in [0.15, 0.2) is 24.3 Å². The second kappa shape index (κ2) is 13.9. The van der Waals surface area contributed by atoms with E-state index in [2.05, 4.69) is 13.8 Å². The molecule has 1 rings (SSSR count). The fourth-order valence-corrected chi connectivity index (χ4v) is 3.10. The minimum atomic E-state index is -0.408. The van der Waals surface area contributed by atoms with Crippen LogP contribution in [0.4, 0.5) is 4.39 Å². The lowest BCUT2D eigenvalue weighted by atomic mass is 10.0. The van der Waals surface area contributed by atoms with E-state index < -0.39 is 11.8 Å². The van der Waals surface area contributed by atoms with E-state index in [1.54, 1.807) is 12.1 Å². The standard InChI is InChI=1S/C22H35FO2/c1-3-5-6-7-8-9-10-11-12-17-21(14-4-2)25-22(24)19-15-13-16-20(23)18-19/h13,15-16,18,21H,3-12,14,17H2,1-2H3.